The van der Waals surface area contributed by atoms with Crippen LogP contribution in [0.3, 0.4) is 0 Å². The highest BCUT2D eigenvalue weighted by atomic mass is 16.2. The molecule has 0 aromatic heterocycles. The zero-order chi connectivity index (χ0) is 13.9. The Morgan fingerprint density at radius 2 is 1.63 bits per heavy atom. The van der Waals surface area contributed by atoms with E-state index in [2.05, 4.69) is 17.0 Å². The van der Waals surface area contributed by atoms with Gasteiger partial charge in [-0.05, 0) is 25.0 Å². The van der Waals surface area contributed by atoms with E-state index in [0.717, 1.165) is 18.5 Å². The normalized spacial score (nSPS) is 17.2. The molecule has 0 bridgehead atoms. The Bertz CT molecular complexity index is 413. The molecule has 19 heavy (non-hydrogen) atoms. The summed E-state index contributed by atoms with van der Waals surface area (Å²) in [5.74, 6) is 0.241. The first kappa shape index (κ1) is 14.1. The molecule has 0 aliphatic heterocycles. The van der Waals surface area contributed by atoms with Crippen LogP contribution in [0.4, 0.5) is 5.69 Å². The van der Waals surface area contributed by atoms with Crippen LogP contribution in [0.25, 0.3) is 0 Å². The van der Waals surface area contributed by atoms with E-state index in [4.69, 9.17) is 0 Å². The quantitative estimate of drug-likeness (QED) is 0.771. The summed E-state index contributed by atoms with van der Waals surface area (Å²) in [7, 11) is 0. The van der Waals surface area contributed by atoms with E-state index in [-0.39, 0.29) is 11.3 Å². The zero-order valence-corrected chi connectivity index (χ0v) is 12.4. The summed E-state index contributed by atoms with van der Waals surface area (Å²) in [6.07, 6.45) is 6.06. The van der Waals surface area contributed by atoms with Gasteiger partial charge in [0.2, 0.25) is 5.91 Å². The van der Waals surface area contributed by atoms with Gasteiger partial charge in [-0.1, -0.05) is 58.2 Å². The molecule has 0 heterocycles. The number of hydrogen-bond acceptors (Lipinski definition) is 1. The van der Waals surface area contributed by atoms with Gasteiger partial charge in [-0.25, -0.2) is 0 Å². The van der Waals surface area contributed by atoms with Gasteiger partial charge in [0.25, 0.3) is 0 Å². The van der Waals surface area contributed by atoms with E-state index < -0.39 is 0 Å². The fraction of sp³-hybridized carbons (Fsp3) is 0.588. The zero-order valence-electron chi connectivity index (χ0n) is 12.4. The van der Waals surface area contributed by atoms with Crippen molar-refractivity contribution in [2.24, 2.45) is 5.41 Å². The van der Waals surface area contributed by atoms with E-state index in [1.807, 2.05) is 39.0 Å². The average molecular weight is 259 g/mol. The molecule has 0 saturated heterocycles. The van der Waals surface area contributed by atoms with Crippen LogP contribution in [0.15, 0.2) is 30.3 Å². The third-order valence-electron chi connectivity index (χ3n) is 3.83. The number of carbonyl (C=O) groups is 1. The first-order valence-electron chi connectivity index (χ1n) is 7.39. The molecule has 1 aliphatic rings. The maximum Gasteiger partial charge on any atom is 0.232 e. The van der Waals surface area contributed by atoms with Crippen LogP contribution in [0.2, 0.25) is 0 Å². The molecule has 104 valence electrons. The van der Waals surface area contributed by atoms with Gasteiger partial charge in [0.1, 0.15) is 0 Å². The second kappa shape index (κ2) is 5.77. The van der Waals surface area contributed by atoms with Crippen LogP contribution in [0.1, 0.15) is 52.9 Å². The lowest BCUT2D eigenvalue weighted by Crippen LogP contribution is -2.47. The first-order valence-corrected chi connectivity index (χ1v) is 7.39. The van der Waals surface area contributed by atoms with Gasteiger partial charge in [-0.2, -0.15) is 0 Å². The topological polar surface area (TPSA) is 20.3 Å². The van der Waals surface area contributed by atoms with Crippen molar-refractivity contribution in [3.05, 3.63) is 30.3 Å². The van der Waals surface area contributed by atoms with Gasteiger partial charge in [0.05, 0.1) is 0 Å². The average Bonchev–Trinajstić information content (AvgIpc) is 2.40. The molecule has 1 aromatic carbocycles. The molecule has 1 aromatic rings. The maximum absolute atomic E-state index is 12.8. The third kappa shape index (κ3) is 3.37. The second-order valence-electron chi connectivity index (χ2n) is 6.55. The summed E-state index contributed by atoms with van der Waals surface area (Å²) in [4.78, 5) is 14.8. The Hall–Kier alpha value is -1.31. The molecule has 1 aliphatic carbocycles. The Balaban J connectivity index is 2.30. The highest BCUT2D eigenvalue weighted by Gasteiger charge is 2.33. The summed E-state index contributed by atoms with van der Waals surface area (Å²) in [5, 5.41) is 0. The van der Waals surface area contributed by atoms with Crippen LogP contribution in [-0.2, 0) is 4.79 Å². The fourth-order valence-corrected chi connectivity index (χ4v) is 2.78. The van der Waals surface area contributed by atoms with Crippen molar-refractivity contribution in [1.29, 1.82) is 0 Å². The molecule has 2 nitrogen and oxygen atoms in total. The molecule has 1 saturated carbocycles. The van der Waals surface area contributed by atoms with E-state index in [1.54, 1.807) is 0 Å². The van der Waals surface area contributed by atoms with Gasteiger partial charge in [-0.15, -0.1) is 0 Å². The number of hydrogen-bond donors (Lipinski definition) is 0. The summed E-state index contributed by atoms with van der Waals surface area (Å²) in [5.41, 5.74) is 0.724. The van der Waals surface area contributed by atoms with Crippen molar-refractivity contribution < 1.29 is 4.79 Å². The third-order valence-corrected chi connectivity index (χ3v) is 3.83. The summed E-state index contributed by atoms with van der Waals surface area (Å²) in [6, 6.07) is 10.5. The van der Waals surface area contributed by atoms with Gasteiger partial charge >= 0.3 is 0 Å². The Morgan fingerprint density at radius 1 is 1.05 bits per heavy atom. The predicted octanol–water partition coefficient (Wildman–Crippen LogP) is 4.40. The van der Waals surface area contributed by atoms with Crippen molar-refractivity contribution >= 4 is 11.6 Å². The smallest absolute Gasteiger partial charge is 0.232 e. The number of para-hydroxylation sites is 1. The summed E-state index contributed by atoms with van der Waals surface area (Å²) >= 11 is 0. The minimum atomic E-state index is -0.326. The largest absolute Gasteiger partial charge is 0.309 e. The number of carbonyl (C=O) groups excluding carboxylic acids is 1. The SMILES string of the molecule is CC(C)(C)C(=O)N(c1ccccc1)C1CCCCC1. The van der Waals surface area contributed by atoms with Crippen LogP contribution >= 0.6 is 0 Å². The van der Waals surface area contributed by atoms with Gasteiger partial charge in [0, 0.05) is 17.1 Å². The van der Waals surface area contributed by atoms with E-state index >= 15 is 0 Å². The van der Waals surface area contributed by atoms with E-state index in [1.165, 1.54) is 19.3 Å². The van der Waals surface area contributed by atoms with Crippen molar-refractivity contribution in [2.75, 3.05) is 4.90 Å². The van der Waals surface area contributed by atoms with E-state index in [9.17, 15) is 4.79 Å². The molecular weight excluding hydrogens is 234 g/mol. The number of amides is 1. The number of nitrogens with zero attached hydrogens (tertiary/aromatic N) is 1. The fourth-order valence-electron chi connectivity index (χ4n) is 2.78. The molecule has 1 fully saturated rings. The lowest BCUT2D eigenvalue weighted by Gasteiger charge is -2.38. The lowest BCUT2D eigenvalue weighted by atomic mass is 9.89. The van der Waals surface area contributed by atoms with Crippen LogP contribution < -0.4 is 4.90 Å². The van der Waals surface area contributed by atoms with Crippen molar-refractivity contribution in [3.63, 3.8) is 0 Å². The van der Waals surface area contributed by atoms with Crippen LogP contribution in [0.5, 0.6) is 0 Å². The second-order valence-corrected chi connectivity index (χ2v) is 6.55. The lowest BCUT2D eigenvalue weighted by molar-refractivity contribution is -0.126. The van der Waals surface area contributed by atoms with Crippen molar-refractivity contribution in [1.82, 2.24) is 0 Å². The minimum Gasteiger partial charge on any atom is -0.309 e. The number of rotatable bonds is 2. The number of benzene rings is 1. The van der Waals surface area contributed by atoms with Crippen LogP contribution in [0, 0.1) is 5.41 Å². The molecule has 1 amide bonds. The molecule has 2 rings (SSSR count). The monoisotopic (exact) mass is 259 g/mol. The highest BCUT2D eigenvalue weighted by molar-refractivity contribution is 5.97. The highest BCUT2D eigenvalue weighted by Crippen LogP contribution is 2.31. The predicted molar refractivity (Wildman–Crippen MR) is 80.3 cm³/mol. The molecule has 0 unspecified atom stereocenters. The first-order chi connectivity index (χ1) is 9.00. The van der Waals surface area contributed by atoms with Crippen LogP contribution in [-0.4, -0.2) is 11.9 Å². The molecule has 2 heteroatoms. The van der Waals surface area contributed by atoms with Gasteiger partial charge in [-0.3, -0.25) is 4.79 Å². The van der Waals surface area contributed by atoms with Gasteiger partial charge in [0.15, 0.2) is 0 Å². The molecule has 0 radical (unpaired) electrons. The summed E-state index contributed by atoms with van der Waals surface area (Å²) in [6.45, 7) is 6.02. The molecule has 0 spiro atoms. The van der Waals surface area contributed by atoms with Crippen molar-refractivity contribution in [2.45, 2.75) is 58.9 Å². The van der Waals surface area contributed by atoms with Crippen molar-refractivity contribution in [3.8, 4) is 0 Å². The number of anilines is 1. The van der Waals surface area contributed by atoms with Gasteiger partial charge < -0.3 is 4.90 Å². The Labute approximate surface area is 116 Å². The Kier molecular flexibility index (Phi) is 4.28. The molecule has 0 atom stereocenters. The maximum atomic E-state index is 12.8. The molecule has 0 N–H and O–H groups in total. The van der Waals surface area contributed by atoms with E-state index in [0.29, 0.717) is 6.04 Å². The standard InChI is InChI=1S/C17H25NO/c1-17(2,3)16(19)18(14-10-6-4-7-11-14)15-12-8-5-9-13-15/h4,6-7,10-11,15H,5,8-9,12-13H2,1-3H3. The molecular formula is C17H25NO. The summed E-state index contributed by atoms with van der Waals surface area (Å²) < 4.78 is 0. The Morgan fingerprint density at radius 3 is 2.16 bits per heavy atom. The minimum absolute atomic E-state index is 0.241.